The van der Waals surface area contributed by atoms with E-state index in [-0.39, 0.29) is 5.78 Å². The van der Waals surface area contributed by atoms with Crippen LogP contribution in [0.15, 0.2) is 72.8 Å². The highest BCUT2D eigenvalue weighted by molar-refractivity contribution is 6.08. The lowest BCUT2D eigenvalue weighted by Crippen LogP contribution is -2.09. The molecule has 0 aromatic heterocycles. The minimum atomic E-state index is 0.0198. The first-order chi connectivity index (χ1) is 11.2. The lowest BCUT2D eigenvalue weighted by molar-refractivity contribution is 0.104. The van der Waals surface area contributed by atoms with E-state index in [1.165, 1.54) is 11.1 Å². The zero-order valence-electron chi connectivity index (χ0n) is 13.4. The highest BCUT2D eigenvalue weighted by Crippen LogP contribution is 2.29. The van der Waals surface area contributed by atoms with Gasteiger partial charge in [0.15, 0.2) is 5.78 Å². The first-order valence-corrected chi connectivity index (χ1v) is 7.63. The van der Waals surface area contributed by atoms with Gasteiger partial charge >= 0.3 is 0 Å². The fourth-order valence-electron chi connectivity index (χ4n) is 2.71. The first-order valence-electron chi connectivity index (χ1n) is 7.63. The van der Waals surface area contributed by atoms with Crippen molar-refractivity contribution in [2.24, 2.45) is 0 Å². The molecule has 0 aliphatic rings. The zero-order valence-corrected chi connectivity index (χ0v) is 13.4. The van der Waals surface area contributed by atoms with Crippen LogP contribution in [0.4, 0.5) is 5.69 Å². The van der Waals surface area contributed by atoms with E-state index in [2.05, 4.69) is 29.2 Å². The van der Waals surface area contributed by atoms with Gasteiger partial charge in [-0.05, 0) is 23.1 Å². The second kappa shape index (κ2) is 6.49. The SMILES string of the molecule is CN(C)c1ccc(C=CC(=O)c2ccccc2)c2ccccc12. The van der Waals surface area contributed by atoms with Crippen molar-refractivity contribution in [3.8, 4) is 0 Å². The van der Waals surface area contributed by atoms with Crippen LogP contribution in [0.3, 0.4) is 0 Å². The van der Waals surface area contributed by atoms with Crippen molar-refractivity contribution in [1.29, 1.82) is 0 Å². The maximum atomic E-state index is 12.2. The van der Waals surface area contributed by atoms with Gasteiger partial charge in [-0.15, -0.1) is 0 Å². The third-order valence-corrected chi connectivity index (χ3v) is 3.89. The Bertz CT molecular complexity index is 863. The molecule has 0 bridgehead atoms. The van der Waals surface area contributed by atoms with Gasteiger partial charge in [-0.25, -0.2) is 0 Å². The molecule has 2 nitrogen and oxygen atoms in total. The number of nitrogens with zero attached hydrogens (tertiary/aromatic N) is 1. The molecule has 0 unspecified atom stereocenters. The van der Waals surface area contributed by atoms with Crippen LogP contribution in [0.1, 0.15) is 15.9 Å². The van der Waals surface area contributed by atoms with E-state index >= 15 is 0 Å². The average molecular weight is 301 g/mol. The number of anilines is 1. The Morgan fingerprint density at radius 3 is 2.17 bits per heavy atom. The molecule has 3 aromatic rings. The fraction of sp³-hybridized carbons (Fsp3) is 0.0952. The van der Waals surface area contributed by atoms with E-state index in [9.17, 15) is 4.79 Å². The monoisotopic (exact) mass is 301 g/mol. The number of fused-ring (bicyclic) bond motifs is 1. The smallest absolute Gasteiger partial charge is 0.185 e. The van der Waals surface area contributed by atoms with Crippen LogP contribution >= 0.6 is 0 Å². The summed E-state index contributed by atoms with van der Waals surface area (Å²) in [5.74, 6) is 0.0198. The Morgan fingerprint density at radius 2 is 1.48 bits per heavy atom. The molecule has 2 heteroatoms. The molecule has 3 aromatic carbocycles. The van der Waals surface area contributed by atoms with Crippen molar-refractivity contribution in [1.82, 2.24) is 0 Å². The number of ketones is 1. The Kier molecular flexibility index (Phi) is 4.24. The Balaban J connectivity index is 2.00. The van der Waals surface area contributed by atoms with Gasteiger partial charge in [0.2, 0.25) is 0 Å². The molecule has 0 aliphatic heterocycles. The maximum Gasteiger partial charge on any atom is 0.185 e. The average Bonchev–Trinajstić information content (AvgIpc) is 2.59. The minimum Gasteiger partial charge on any atom is -0.377 e. The second-order valence-corrected chi connectivity index (χ2v) is 5.68. The Labute approximate surface area is 136 Å². The van der Waals surface area contributed by atoms with Crippen LogP contribution in [0.2, 0.25) is 0 Å². The topological polar surface area (TPSA) is 20.3 Å². The molecule has 0 saturated carbocycles. The molecule has 0 atom stereocenters. The quantitative estimate of drug-likeness (QED) is 0.509. The molecule has 3 rings (SSSR count). The Hall–Kier alpha value is -2.87. The van der Waals surface area contributed by atoms with E-state index in [1.54, 1.807) is 6.08 Å². The lowest BCUT2D eigenvalue weighted by Gasteiger charge is -2.16. The van der Waals surface area contributed by atoms with E-state index in [0.29, 0.717) is 5.56 Å². The van der Waals surface area contributed by atoms with E-state index < -0.39 is 0 Å². The maximum absolute atomic E-state index is 12.2. The van der Waals surface area contributed by atoms with Crippen LogP contribution in [-0.4, -0.2) is 19.9 Å². The van der Waals surface area contributed by atoms with Crippen molar-refractivity contribution in [3.63, 3.8) is 0 Å². The molecule has 114 valence electrons. The third-order valence-electron chi connectivity index (χ3n) is 3.89. The molecule has 23 heavy (non-hydrogen) atoms. The number of carbonyl (C=O) groups is 1. The molecule has 0 fully saturated rings. The van der Waals surface area contributed by atoms with Crippen molar-refractivity contribution in [2.45, 2.75) is 0 Å². The summed E-state index contributed by atoms with van der Waals surface area (Å²) in [7, 11) is 4.08. The largest absolute Gasteiger partial charge is 0.377 e. The van der Waals surface area contributed by atoms with Crippen LogP contribution in [-0.2, 0) is 0 Å². The van der Waals surface area contributed by atoms with Gasteiger partial charge < -0.3 is 4.90 Å². The molecule has 0 aliphatic carbocycles. The van der Waals surface area contributed by atoms with Gasteiger partial charge in [0.25, 0.3) is 0 Å². The van der Waals surface area contributed by atoms with Crippen LogP contribution < -0.4 is 4.90 Å². The summed E-state index contributed by atoms with van der Waals surface area (Å²) in [6.07, 6.45) is 3.55. The number of carbonyl (C=O) groups excluding carboxylic acids is 1. The van der Waals surface area contributed by atoms with Crippen LogP contribution in [0, 0.1) is 0 Å². The van der Waals surface area contributed by atoms with Crippen molar-refractivity contribution in [2.75, 3.05) is 19.0 Å². The summed E-state index contributed by atoms with van der Waals surface area (Å²) in [6.45, 7) is 0. The van der Waals surface area contributed by atoms with E-state index in [1.807, 2.05) is 62.6 Å². The van der Waals surface area contributed by atoms with Gasteiger partial charge in [0, 0.05) is 30.7 Å². The van der Waals surface area contributed by atoms with Crippen LogP contribution in [0.25, 0.3) is 16.8 Å². The number of benzene rings is 3. The normalized spacial score (nSPS) is 11.0. The molecule has 0 heterocycles. The molecule has 0 amide bonds. The summed E-state index contributed by atoms with van der Waals surface area (Å²) in [6, 6.07) is 21.8. The molecular weight excluding hydrogens is 282 g/mol. The molecular formula is C21H19NO. The van der Waals surface area contributed by atoms with E-state index in [4.69, 9.17) is 0 Å². The number of allylic oxidation sites excluding steroid dienone is 1. The summed E-state index contributed by atoms with van der Waals surface area (Å²) in [5.41, 5.74) is 2.93. The molecule has 0 saturated heterocycles. The number of hydrogen-bond acceptors (Lipinski definition) is 2. The van der Waals surface area contributed by atoms with Crippen molar-refractivity contribution >= 4 is 28.3 Å². The minimum absolute atomic E-state index is 0.0198. The van der Waals surface area contributed by atoms with Gasteiger partial charge in [-0.1, -0.05) is 66.7 Å². The Morgan fingerprint density at radius 1 is 0.826 bits per heavy atom. The molecule has 0 radical (unpaired) electrons. The van der Waals surface area contributed by atoms with Crippen LogP contribution in [0.5, 0.6) is 0 Å². The van der Waals surface area contributed by atoms with Gasteiger partial charge in [0.1, 0.15) is 0 Å². The predicted octanol–water partition coefficient (Wildman–Crippen LogP) is 4.80. The van der Waals surface area contributed by atoms with Crippen molar-refractivity contribution < 1.29 is 4.79 Å². The predicted molar refractivity (Wildman–Crippen MR) is 98.1 cm³/mol. The van der Waals surface area contributed by atoms with Gasteiger partial charge in [-0.2, -0.15) is 0 Å². The fourth-order valence-corrected chi connectivity index (χ4v) is 2.71. The van der Waals surface area contributed by atoms with Gasteiger partial charge in [0.05, 0.1) is 0 Å². The molecule has 0 N–H and O–H groups in total. The molecule has 0 spiro atoms. The second-order valence-electron chi connectivity index (χ2n) is 5.68. The summed E-state index contributed by atoms with van der Waals surface area (Å²) in [4.78, 5) is 14.3. The summed E-state index contributed by atoms with van der Waals surface area (Å²) >= 11 is 0. The standard InChI is InChI=1S/C21H19NO/c1-22(2)20-14-12-16(18-10-6-7-11-19(18)20)13-15-21(23)17-8-4-3-5-9-17/h3-15H,1-2H3. The summed E-state index contributed by atoms with van der Waals surface area (Å²) < 4.78 is 0. The zero-order chi connectivity index (χ0) is 16.2. The number of rotatable bonds is 4. The third kappa shape index (κ3) is 3.16. The van der Waals surface area contributed by atoms with E-state index in [0.717, 1.165) is 10.9 Å². The van der Waals surface area contributed by atoms with Crippen molar-refractivity contribution in [3.05, 3.63) is 83.9 Å². The highest BCUT2D eigenvalue weighted by Gasteiger charge is 2.06. The first kappa shape index (κ1) is 15.0. The number of hydrogen-bond donors (Lipinski definition) is 0. The lowest BCUT2D eigenvalue weighted by atomic mass is 10.0. The van der Waals surface area contributed by atoms with Gasteiger partial charge in [-0.3, -0.25) is 4.79 Å². The highest BCUT2D eigenvalue weighted by atomic mass is 16.1. The summed E-state index contributed by atoms with van der Waals surface area (Å²) in [5, 5.41) is 2.34.